The molecule has 0 atom stereocenters. The molecule has 0 aliphatic heterocycles. The van der Waals surface area contributed by atoms with Crippen LogP contribution in [0.1, 0.15) is 64.7 Å². The quantitative estimate of drug-likeness (QED) is 0.586. The SMILES string of the molecule is C=C(CCCC)C12CC3CC(CC(C3)C1)C2. The van der Waals surface area contributed by atoms with Crippen molar-refractivity contribution < 1.29 is 0 Å². The van der Waals surface area contributed by atoms with Gasteiger partial charge in [-0.2, -0.15) is 0 Å². The molecule has 0 amide bonds. The molecule has 0 heteroatoms. The Morgan fingerprint density at radius 2 is 1.56 bits per heavy atom. The van der Waals surface area contributed by atoms with Crippen LogP contribution in [0.3, 0.4) is 0 Å². The van der Waals surface area contributed by atoms with Gasteiger partial charge in [0.15, 0.2) is 0 Å². The van der Waals surface area contributed by atoms with Gasteiger partial charge < -0.3 is 0 Å². The van der Waals surface area contributed by atoms with Gasteiger partial charge in [0.25, 0.3) is 0 Å². The maximum absolute atomic E-state index is 4.48. The third-order valence-corrected chi connectivity index (χ3v) is 5.62. The number of hydrogen-bond acceptors (Lipinski definition) is 0. The summed E-state index contributed by atoms with van der Waals surface area (Å²) in [5, 5.41) is 0. The zero-order chi connectivity index (χ0) is 11.2. The molecular formula is C16H26. The molecule has 0 aromatic carbocycles. The maximum Gasteiger partial charge on any atom is -0.00829 e. The fourth-order valence-corrected chi connectivity index (χ4v) is 5.20. The maximum atomic E-state index is 4.48. The largest absolute Gasteiger partial charge is 0.0993 e. The minimum Gasteiger partial charge on any atom is -0.0993 e. The van der Waals surface area contributed by atoms with Crippen molar-refractivity contribution >= 4 is 0 Å². The van der Waals surface area contributed by atoms with E-state index in [0.29, 0.717) is 5.41 Å². The van der Waals surface area contributed by atoms with Gasteiger partial charge >= 0.3 is 0 Å². The highest BCUT2D eigenvalue weighted by atomic mass is 14.6. The number of unbranched alkanes of at least 4 members (excludes halogenated alkanes) is 1. The van der Waals surface area contributed by atoms with Gasteiger partial charge in [0.2, 0.25) is 0 Å². The van der Waals surface area contributed by atoms with Gasteiger partial charge in [0.05, 0.1) is 0 Å². The number of rotatable bonds is 4. The van der Waals surface area contributed by atoms with E-state index in [1.165, 1.54) is 38.5 Å². The van der Waals surface area contributed by atoms with Crippen molar-refractivity contribution in [1.29, 1.82) is 0 Å². The summed E-state index contributed by atoms with van der Waals surface area (Å²) in [5.41, 5.74) is 2.25. The van der Waals surface area contributed by atoms with E-state index in [1.807, 2.05) is 0 Å². The Morgan fingerprint density at radius 3 is 2.00 bits per heavy atom. The van der Waals surface area contributed by atoms with Crippen molar-refractivity contribution in [3.05, 3.63) is 12.2 Å². The third kappa shape index (κ3) is 1.65. The monoisotopic (exact) mass is 218 g/mol. The van der Waals surface area contributed by atoms with E-state index in [2.05, 4.69) is 13.5 Å². The Morgan fingerprint density at radius 1 is 1.06 bits per heavy atom. The Labute approximate surface area is 101 Å². The molecule has 4 bridgehead atoms. The van der Waals surface area contributed by atoms with E-state index < -0.39 is 0 Å². The van der Waals surface area contributed by atoms with Crippen molar-refractivity contribution in [3.63, 3.8) is 0 Å². The van der Waals surface area contributed by atoms with Crippen LogP contribution in [0.4, 0.5) is 0 Å². The van der Waals surface area contributed by atoms with Crippen molar-refractivity contribution in [2.24, 2.45) is 23.2 Å². The van der Waals surface area contributed by atoms with Gasteiger partial charge in [-0.15, -0.1) is 0 Å². The Kier molecular flexibility index (Phi) is 2.64. The highest BCUT2D eigenvalue weighted by molar-refractivity contribution is 5.17. The smallest absolute Gasteiger partial charge is 0.00829 e. The molecule has 0 N–H and O–H groups in total. The fraction of sp³-hybridized carbons (Fsp3) is 0.875. The molecule has 0 spiro atoms. The van der Waals surface area contributed by atoms with Crippen LogP contribution in [0, 0.1) is 23.2 Å². The Balaban J connectivity index is 1.75. The van der Waals surface area contributed by atoms with Crippen LogP contribution in [0.2, 0.25) is 0 Å². The lowest BCUT2D eigenvalue weighted by Gasteiger charge is -2.57. The van der Waals surface area contributed by atoms with Crippen molar-refractivity contribution in [1.82, 2.24) is 0 Å². The first kappa shape index (κ1) is 10.9. The minimum atomic E-state index is 0.615. The highest BCUT2D eigenvalue weighted by Gasteiger charge is 2.51. The van der Waals surface area contributed by atoms with Gasteiger partial charge in [0.1, 0.15) is 0 Å². The van der Waals surface area contributed by atoms with Gasteiger partial charge in [-0.05, 0) is 74.5 Å². The summed E-state index contributed by atoms with van der Waals surface area (Å²) >= 11 is 0. The summed E-state index contributed by atoms with van der Waals surface area (Å²) in [6.45, 7) is 6.78. The molecule has 4 saturated carbocycles. The molecule has 4 rings (SSSR count). The Hall–Kier alpha value is -0.260. The van der Waals surface area contributed by atoms with Gasteiger partial charge in [0, 0.05) is 0 Å². The van der Waals surface area contributed by atoms with Crippen LogP contribution >= 0.6 is 0 Å². The summed E-state index contributed by atoms with van der Waals surface area (Å²) in [6.07, 6.45) is 13.2. The topological polar surface area (TPSA) is 0 Å². The van der Waals surface area contributed by atoms with E-state index in [4.69, 9.17) is 0 Å². The van der Waals surface area contributed by atoms with Crippen molar-refractivity contribution in [2.45, 2.75) is 64.7 Å². The molecule has 90 valence electrons. The average Bonchev–Trinajstić information content (AvgIpc) is 2.24. The second-order valence-corrected chi connectivity index (χ2v) is 6.90. The first-order valence-electron chi connectivity index (χ1n) is 7.40. The molecule has 0 aromatic heterocycles. The molecular weight excluding hydrogens is 192 g/mol. The molecule has 0 nitrogen and oxygen atoms in total. The lowest BCUT2D eigenvalue weighted by Crippen LogP contribution is -2.46. The van der Waals surface area contributed by atoms with E-state index >= 15 is 0 Å². The van der Waals surface area contributed by atoms with Crippen LogP contribution in [-0.4, -0.2) is 0 Å². The third-order valence-electron chi connectivity index (χ3n) is 5.62. The molecule has 4 fully saturated rings. The molecule has 0 unspecified atom stereocenters. The summed E-state index contributed by atoms with van der Waals surface area (Å²) < 4.78 is 0. The molecule has 16 heavy (non-hydrogen) atoms. The standard InChI is InChI=1S/C16H26/c1-3-4-5-12(2)16-9-13-6-14(10-16)8-15(7-13)11-16/h13-15H,2-11H2,1H3. The summed E-state index contributed by atoms with van der Waals surface area (Å²) in [4.78, 5) is 0. The highest BCUT2D eigenvalue weighted by Crippen LogP contribution is 2.62. The van der Waals surface area contributed by atoms with Crippen LogP contribution in [0.15, 0.2) is 12.2 Å². The summed E-state index contributed by atoms with van der Waals surface area (Å²) in [7, 11) is 0. The van der Waals surface area contributed by atoms with E-state index in [9.17, 15) is 0 Å². The van der Waals surface area contributed by atoms with Crippen LogP contribution in [-0.2, 0) is 0 Å². The normalized spacial score (nSPS) is 44.9. The second-order valence-electron chi connectivity index (χ2n) is 6.90. The molecule has 4 aliphatic rings. The van der Waals surface area contributed by atoms with E-state index in [1.54, 1.807) is 24.8 Å². The minimum absolute atomic E-state index is 0.615. The second kappa shape index (κ2) is 3.89. The molecule has 0 heterocycles. The van der Waals surface area contributed by atoms with Crippen LogP contribution < -0.4 is 0 Å². The summed E-state index contributed by atoms with van der Waals surface area (Å²) in [6, 6.07) is 0. The number of allylic oxidation sites excluding steroid dienone is 1. The van der Waals surface area contributed by atoms with Gasteiger partial charge in [-0.1, -0.05) is 25.5 Å². The predicted molar refractivity (Wildman–Crippen MR) is 69.3 cm³/mol. The predicted octanol–water partition coefficient (Wildman–Crippen LogP) is 4.95. The summed E-state index contributed by atoms with van der Waals surface area (Å²) in [5.74, 6) is 3.22. The lowest BCUT2D eigenvalue weighted by atomic mass is 9.47. The first-order chi connectivity index (χ1) is 7.72. The van der Waals surface area contributed by atoms with Crippen molar-refractivity contribution in [3.8, 4) is 0 Å². The average molecular weight is 218 g/mol. The van der Waals surface area contributed by atoms with Crippen molar-refractivity contribution in [2.75, 3.05) is 0 Å². The van der Waals surface area contributed by atoms with Crippen LogP contribution in [0.25, 0.3) is 0 Å². The van der Waals surface area contributed by atoms with Gasteiger partial charge in [-0.25, -0.2) is 0 Å². The molecule has 4 aliphatic carbocycles. The van der Waals surface area contributed by atoms with Crippen LogP contribution in [0.5, 0.6) is 0 Å². The first-order valence-corrected chi connectivity index (χ1v) is 7.40. The molecule has 0 aromatic rings. The zero-order valence-corrected chi connectivity index (χ0v) is 10.8. The zero-order valence-electron chi connectivity index (χ0n) is 10.8. The lowest BCUT2D eigenvalue weighted by molar-refractivity contribution is -0.0319. The van der Waals surface area contributed by atoms with E-state index in [-0.39, 0.29) is 0 Å². The fourth-order valence-electron chi connectivity index (χ4n) is 5.20. The van der Waals surface area contributed by atoms with E-state index in [0.717, 1.165) is 17.8 Å². The molecule has 0 radical (unpaired) electrons. The Bertz CT molecular complexity index is 251. The van der Waals surface area contributed by atoms with Gasteiger partial charge in [-0.3, -0.25) is 0 Å². The number of hydrogen-bond donors (Lipinski definition) is 0. The molecule has 0 saturated heterocycles.